The van der Waals surface area contributed by atoms with E-state index in [4.69, 9.17) is 16.3 Å². The molecule has 0 unspecified atom stereocenters. The minimum Gasteiger partial charge on any atom is -0.489 e. The number of hydrogen-bond acceptors (Lipinski definition) is 3. The summed E-state index contributed by atoms with van der Waals surface area (Å²) in [7, 11) is 0. The third-order valence-corrected chi connectivity index (χ3v) is 3.09. The Morgan fingerprint density at radius 3 is 3.00 bits per heavy atom. The number of benzene rings is 1. The third-order valence-electron chi connectivity index (χ3n) is 2.86. The van der Waals surface area contributed by atoms with Crippen LogP contribution in [0.15, 0.2) is 18.2 Å². The molecule has 0 atom stereocenters. The molecule has 0 amide bonds. The lowest BCUT2D eigenvalue weighted by Crippen LogP contribution is -1.98. The van der Waals surface area contributed by atoms with Crippen molar-refractivity contribution in [2.45, 2.75) is 13.3 Å². The molecule has 1 aliphatic rings. The van der Waals surface area contributed by atoms with Crippen LogP contribution in [0.2, 0.25) is 5.02 Å². The summed E-state index contributed by atoms with van der Waals surface area (Å²) in [5.74, 6) is 0.704. The van der Waals surface area contributed by atoms with Crippen LogP contribution in [-0.2, 0) is 6.42 Å². The molecule has 5 heteroatoms. The van der Waals surface area contributed by atoms with Gasteiger partial charge in [0.15, 0.2) is 11.6 Å². The van der Waals surface area contributed by atoms with E-state index in [1.165, 1.54) is 18.2 Å². The summed E-state index contributed by atoms with van der Waals surface area (Å²) in [6, 6.07) is 4.36. The quantitative estimate of drug-likeness (QED) is 0.793. The molecular formula is C13H10ClFN2O. The molecule has 3 nitrogen and oxygen atoms in total. The van der Waals surface area contributed by atoms with E-state index in [9.17, 15) is 4.39 Å². The molecule has 0 radical (unpaired) electrons. The van der Waals surface area contributed by atoms with Gasteiger partial charge in [0, 0.05) is 11.4 Å². The van der Waals surface area contributed by atoms with E-state index in [0.29, 0.717) is 23.0 Å². The van der Waals surface area contributed by atoms with Crippen molar-refractivity contribution in [1.29, 1.82) is 0 Å². The topological polar surface area (TPSA) is 35.0 Å². The monoisotopic (exact) mass is 264 g/mol. The maximum Gasteiger partial charge on any atom is 0.162 e. The lowest BCUT2D eigenvalue weighted by atomic mass is 10.2. The fourth-order valence-electron chi connectivity index (χ4n) is 2.02. The first-order valence-electron chi connectivity index (χ1n) is 5.61. The number of ether oxygens (including phenoxy) is 1. The Bertz CT molecular complexity index is 631. The van der Waals surface area contributed by atoms with Gasteiger partial charge in [0.1, 0.15) is 5.82 Å². The second-order valence-electron chi connectivity index (χ2n) is 4.13. The van der Waals surface area contributed by atoms with Crippen molar-refractivity contribution in [1.82, 2.24) is 9.97 Å². The number of nitrogens with zero attached hydrogens (tertiary/aromatic N) is 2. The van der Waals surface area contributed by atoms with Crippen LogP contribution in [0.1, 0.15) is 11.4 Å². The van der Waals surface area contributed by atoms with Gasteiger partial charge in [-0.3, -0.25) is 0 Å². The highest BCUT2D eigenvalue weighted by atomic mass is 35.5. The maximum absolute atomic E-state index is 13.8. The van der Waals surface area contributed by atoms with Gasteiger partial charge in [0.05, 0.1) is 23.6 Å². The van der Waals surface area contributed by atoms with Gasteiger partial charge < -0.3 is 4.74 Å². The van der Waals surface area contributed by atoms with Gasteiger partial charge in [0.25, 0.3) is 0 Å². The summed E-state index contributed by atoms with van der Waals surface area (Å²) < 4.78 is 19.2. The van der Waals surface area contributed by atoms with Crippen molar-refractivity contribution in [2.75, 3.05) is 6.61 Å². The highest BCUT2D eigenvalue weighted by molar-refractivity contribution is 6.30. The van der Waals surface area contributed by atoms with Crippen LogP contribution >= 0.6 is 11.6 Å². The van der Waals surface area contributed by atoms with Crippen LogP contribution in [0, 0.1) is 12.7 Å². The smallest absolute Gasteiger partial charge is 0.162 e. The second kappa shape index (κ2) is 4.21. The first-order chi connectivity index (χ1) is 8.65. The summed E-state index contributed by atoms with van der Waals surface area (Å²) in [4.78, 5) is 8.63. The van der Waals surface area contributed by atoms with E-state index < -0.39 is 0 Å². The summed E-state index contributed by atoms with van der Waals surface area (Å²) in [5.41, 5.74) is 1.88. The van der Waals surface area contributed by atoms with E-state index >= 15 is 0 Å². The number of fused-ring (bicyclic) bond motifs is 1. The number of aromatic nitrogens is 2. The highest BCUT2D eigenvalue weighted by Crippen LogP contribution is 2.30. The van der Waals surface area contributed by atoms with Gasteiger partial charge >= 0.3 is 0 Å². The van der Waals surface area contributed by atoms with E-state index in [1.807, 2.05) is 6.92 Å². The van der Waals surface area contributed by atoms with Crippen molar-refractivity contribution in [3.63, 3.8) is 0 Å². The van der Waals surface area contributed by atoms with Crippen LogP contribution in [0.4, 0.5) is 4.39 Å². The normalized spacial score (nSPS) is 13.3. The first kappa shape index (κ1) is 11.4. The molecule has 18 heavy (non-hydrogen) atoms. The fourth-order valence-corrected chi connectivity index (χ4v) is 2.19. The predicted molar refractivity (Wildman–Crippen MR) is 66.4 cm³/mol. The van der Waals surface area contributed by atoms with Gasteiger partial charge in [-0.15, -0.1) is 0 Å². The summed E-state index contributed by atoms with van der Waals surface area (Å²) in [5, 5.41) is 0.462. The Labute approximate surface area is 109 Å². The second-order valence-corrected chi connectivity index (χ2v) is 4.57. The molecule has 0 bridgehead atoms. The average Bonchev–Trinajstić information content (AvgIpc) is 2.81. The van der Waals surface area contributed by atoms with Gasteiger partial charge in [-0.25, -0.2) is 14.4 Å². The molecule has 2 aromatic rings. The van der Waals surface area contributed by atoms with Crippen LogP contribution in [0.5, 0.6) is 5.75 Å². The Balaban J connectivity index is 2.18. The van der Waals surface area contributed by atoms with E-state index in [-0.39, 0.29) is 5.82 Å². The van der Waals surface area contributed by atoms with Crippen molar-refractivity contribution < 1.29 is 9.13 Å². The molecule has 3 rings (SSSR count). The Morgan fingerprint density at radius 1 is 1.33 bits per heavy atom. The molecule has 2 heterocycles. The van der Waals surface area contributed by atoms with Crippen LogP contribution < -0.4 is 4.74 Å². The standard InChI is InChI=1S/C13H10ClFN2O/c1-7-12-11(4-5-18-12)17-13(16-7)9-6-8(14)2-3-10(9)15/h2-3,6H,4-5H2,1H3. The highest BCUT2D eigenvalue weighted by Gasteiger charge is 2.20. The van der Waals surface area contributed by atoms with Crippen molar-refractivity contribution in [2.24, 2.45) is 0 Å². The predicted octanol–water partition coefficient (Wildman–Crippen LogP) is 3.18. The van der Waals surface area contributed by atoms with Crippen LogP contribution in [0.3, 0.4) is 0 Å². The maximum atomic E-state index is 13.8. The van der Waals surface area contributed by atoms with Gasteiger partial charge in [-0.05, 0) is 25.1 Å². The van der Waals surface area contributed by atoms with Crippen LogP contribution in [-0.4, -0.2) is 16.6 Å². The molecular weight excluding hydrogens is 255 g/mol. The zero-order chi connectivity index (χ0) is 12.7. The minimum atomic E-state index is -0.377. The molecule has 0 saturated heterocycles. The van der Waals surface area contributed by atoms with E-state index in [0.717, 1.165) is 23.6 Å². The Kier molecular flexibility index (Phi) is 2.67. The van der Waals surface area contributed by atoms with Gasteiger partial charge in [-0.2, -0.15) is 0 Å². The lowest BCUT2D eigenvalue weighted by Gasteiger charge is -2.07. The van der Waals surface area contributed by atoms with Gasteiger partial charge in [-0.1, -0.05) is 11.6 Å². The van der Waals surface area contributed by atoms with E-state index in [1.54, 1.807) is 0 Å². The Hall–Kier alpha value is -1.68. The largest absolute Gasteiger partial charge is 0.489 e. The molecule has 0 saturated carbocycles. The number of halogens is 2. The minimum absolute atomic E-state index is 0.320. The summed E-state index contributed by atoms with van der Waals surface area (Å²) >= 11 is 5.88. The van der Waals surface area contributed by atoms with Crippen molar-refractivity contribution in [3.05, 3.63) is 40.4 Å². The molecule has 1 aromatic heterocycles. The SMILES string of the molecule is Cc1nc(-c2cc(Cl)ccc2F)nc2c1OCC2. The third kappa shape index (κ3) is 1.82. The number of rotatable bonds is 1. The summed E-state index contributed by atoms with van der Waals surface area (Å²) in [6.45, 7) is 2.43. The molecule has 92 valence electrons. The molecule has 0 N–H and O–H groups in total. The molecule has 1 aliphatic heterocycles. The summed E-state index contributed by atoms with van der Waals surface area (Å²) in [6.07, 6.45) is 0.730. The number of hydrogen-bond donors (Lipinski definition) is 0. The van der Waals surface area contributed by atoms with Crippen molar-refractivity contribution >= 4 is 11.6 Å². The molecule has 0 spiro atoms. The number of aryl methyl sites for hydroxylation is 1. The molecule has 0 fully saturated rings. The average molecular weight is 265 g/mol. The van der Waals surface area contributed by atoms with Gasteiger partial charge in [0.2, 0.25) is 0 Å². The Morgan fingerprint density at radius 2 is 2.17 bits per heavy atom. The fraction of sp³-hybridized carbons (Fsp3) is 0.231. The molecule has 1 aromatic carbocycles. The first-order valence-corrected chi connectivity index (χ1v) is 5.98. The zero-order valence-electron chi connectivity index (χ0n) is 9.70. The van der Waals surface area contributed by atoms with Crippen LogP contribution in [0.25, 0.3) is 11.4 Å². The van der Waals surface area contributed by atoms with Crippen molar-refractivity contribution in [3.8, 4) is 17.1 Å². The zero-order valence-corrected chi connectivity index (χ0v) is 10.5. The lowest BCUT2D eigenvalue weighted by molar-refractivity contribution is 0.353. The molecule has 0 aliphatic carbocycles. The van der Waals surface area contributed by atoms with E-state index in [2.05, 4.69) is 9.97 Å².